The van der Waals surface area contributed by atoms with Crippen LogP contribution < -0.4 is 11.0 Å². The molecule has 3 amide bonds. The maximum Gasteiger partial charge on any atom is 0.349 e. The fourth-order valence-corrected chi connectivity index (χ4v) is 4.66. The summed E-state index contributed by atoms with van der Waals surface area (Å²) in [6.07, 6.45) is -4.64. The molecule has 0 bridgehead atoms. The molecule has 14 nitrogen and oxygen atoms in total. The molecule has 4 heterocycles. The molecule has 34 heavy (non-hydrogen) atoms. The molecule has 14 heteroatoms. The minimum Gasteiger partial charge on any atom is -0.394 e. The lowest BCUT2D eigenvalue weighted by Gasteiger charge is -2.45. The molecule has 0 saturated carbocycles. The van der Waals surface area contributed by atoms with Crippen molar-refractivity contribution >= 4 is 11.9 Å². The topological polar surface area (TPSA) is 204 Å². The van der Waals surface area contributed by atoms with Gasteiger partial charge in [0.15, 0.2) is 5.60 Å². The van der Waals surface area contributed by atoms with Gasteiger partial charge in [0.1, 0.15) is 30.7 Å². The highest BCUT2D eigenvalue weighted by atomic mass is 16.6. The Morgan fingerprint density at radius 1 is 1.09 bits per heavy atom. The number of hydrogen-bond donors (Lipinski definition) is 6. The Bertz CT molecular complexity index is 1030. The van der Waals surface area contributed by atoms with Gasteiger partial charge in [-0.3, -0.25) is 19.6 Å². The van der Waals surface area contributed by atoms with Gasteiger partial charge in [-0.25, -0.2) is 9.59 Å². The van der Waals surface area contributed by atoms with Crippen LogP contribution in [0.5, 0.6) is 0 Å². The fourth-order valence-electron chi connectivity index (χ4n) is 4.66. The Balaban J connectivity index is 1.75. The first-order chi connectivity index (χ1) is 16.0. The Morgan fingerprint density at radius 3 is 2.21 bits per heavy atom. The minimum atomic E-state index is -2.22. The smallest absolute Gasteiger partial charge is 0.349 e. The maximum absolute atomic E-state index is 12.9. The highest BCUT2D eigenvalue weighted by Gasteiger charge is 2.55. The van der Waals surface area contributed by atoms with Crippen molar-refractivity contribution < 1.29 is 44.6 Å². The molecule has 188 valence electrons. The molecule has 0 radical (unpaired) electrons. The van der Waals surface area contributed by atoms with Gasteiger partial charge in [-0.15, -0.1) is 0 Å². The van der Waals surface area contributed by atoms with Crippen molar-refractivity contribution in [3.63, 3.8) is 0 Å². The predicted octanol–water partition coefficient (Wildman–Crippen LogP) is -3.00. The number of rotatable bonds is 5. The Labute approximate surface area is 193 Å². The van der Waals surface area contributed by atoms with E-state index in [2.05, 4.69) is 4.98 Å². The number of carbonyl (C=O) groups excluding carboxylic acids is 2. The lowest BCUT2D eigenvalue weighted by Crippen LogP contribution is -2.67. The van der Waals surface area contributed by atoms with E-state index in [4.69, 9.17) is 9.47 Å². The molecule has 0 aromatic carbocycles. The summed E-state index contributed by atoms with van der Waals surface area (Å²) in [5.74, 6) is -1.01. The largest absolute Gasteiger partial charge is 0.394 e. The summed E-state index contributed by atoms with van der Waals surface area (Å²) in [6.45, 7) is 1.77. The molecule has 3 aliphatic heterocycles. The number of hydrogen-bond acceptors (Lipinski definition) is 11. The second-order valence-electron chi connectivity index (χ2n) is 8.95. The molecule has 6 N–H and O–H groups in total. The molecule has 2 unspecified atom stereocenters. The van der Waals surface area contributed by atoms with E-state index in [1.807, 2.05) is 5.32 Å². The molecular weight excluding hydrogens is 456 g/mol. The number of amides is 3. The minimum absolute atomic E-state index is 0.0378. The zero-order chi connectivity index (χ0) is 24.9. The molecular formula is C20H28N4O10. The van der Waals surface area contributed by atoms with Crippen LogP contribution in [-0.2, 0) is 14.3 Å². The number of aliphatic hydroxyl groups excluding tert-OH is 4. The van der Waals surface area contributed by atoms with Crippen molar-refractivity contribution in [1.29, 1.82) is 0 Å². The summed E-state index contributed by atoms with van der Waals surface area (Å²) >= 11 is 0. The first-order valence-electron chi connectivity index (χ1n) is 10.8. The third-order valence-corrected chi connectivity index (χ3v) is 6.55. The van der Waals surface area contributed by atoms with Gasteiger partial charge >= 0.3 is 11.7 Å². The van der Waals surface area contributed by atoms with Gasteiger partial charge in [-0.1, -0.05) is 0 Å². The summed E-state index contributed by atoms with van der Waals surface area (Å²) in [4.78, 5) is 43.3. The molecule has 3 aliphatic rings. The Morgan fingerprint density at radius 2 is 1.65 bits per heavy atom. The molecule has 0 aliphatic carbocycles. The maximum atomic E-state index is 12.9. The molecule has 3 fully saturated rings. The fraction of sp³-hybridized carbons (Fsp3) is 0.700. The standard InChI is InChI=1S/C20H28N4O10/c1-8-5-23(13-3-9(27)11(6-25)33-13)18(30)21-15(8)16-20(2,32)17(29)22-19(31)24(16)14-4-10(28)12(7-26)34-14/h5,9-14,16,25-28,32H,3-4,6-7H2,1-2H3,(H,22,29,31)/t9-,10-,11+,12+,13+,14+,16?,20?/m0/s1. The third kappa shape index (κ3) is 4.00. The Kier molecular flexibility index (Phi) is 6.50. The second-order valence-corrected chi connectivity index (χ2v) is 8.95. The van der Waals surface area contributed by atoms with E-state index in [1.54, 1.807) is 6.92 Å². The molecule has 1 aromatic heterocycles. The zero-order valence-electron chi connectivity index (χ0n) is 18.6. The summed E-state index contributed by atoms with van der Waals surface area (Å²) in [5, 5.41) is 52.0. The number of nitrogens with zero attached hydrogens (tertiary/aromatic N) is 3. The van der Waals surface area contributed by atoms with Crippen LogP contribution in [0.25, 0.3) is 0 Å². The number of ether oxygens (including phenoxy) is 2. The van der Waals surface area contributed by atoms with E-state index < -0.39 is 79.4 Å². The van der Waals surface area contributed by atoms with Gasteiger partial charge in [0.2, 0.25) is 0 Å². The molecule has 3 saturated heterocycles. The number of imide groups is 1. The third-order valence-electron chi connectivity index (χ3n) is 6.55. The van der Waals surface area contributed by atoms with Crippen molar-refractivity contribution in [3.8, 4) is 0 Å². The van der Waals surface area contributed by atoms with Crippen LogP contribution in [0.2, 0.25) is 0 Å². The number of aliphatic hydroxyl groups is 5. The van der Waals surface area contributed by atoms with Crippen molar-refractivity contribution in [1.82, 2.24) is 19.8 Å². The van der Waals surface area contributed by atoms with E-state index in [0.717, 1.165) is 16.4 Å². The highest BCUT2D eigenvalue weighted by molar-refractivity contribution is 6.02. The van der Waals surface area contributed by atoms with Gasteiger partial charge in [-0.2, -0.15) is 4.98 Å². The average Bonchev–Trinajstić information content (AvgIpc) is 3.33. The van der Waals surface area contributed by atoms with E-state index in [9.17, 15) is 39.9 Å². The molecule has 8 atom stereocenters. The summed E-state index contributed by atoms with van der Waals surface area (Å²) < 4.78 is 12.2. The van der Waals surface area contributed by atoms with Gasteiger partial charge in [0.25, 0.3) is 5.91 Å². The Hall–Kier alpha value is -2.46. The summed E-state index contributed by atoms with van der Waals surface area (Å²) in [7, 11) is 0. The van der Waals surface area contributed by atoms with Crippen molar-refractivity contribution in [2.75, 3.05) is 13.2 Å². The average molecular weight is 484 g/mol. The van der Waals surface area contributed by atoms with Crippen LogP contribution in [0.1, 0.15) is 43.3 Å². The normalized spacial score (nSPS) is 38.4. The van der Waals surface area contributed by atoms with Crippen LogP contribution in [0, 0.1) is 6.92 Å². The summed E-state index contributed by atoms with van der Waals surface area (Å²) in [6, 6.07) is -2.37. The zero-order valence-corrected chi connectivity index (χ0v) is 18.6. The van der Waals surface area contributed by atoms with Crippen LogP contribution in [0.3, 0.4) is 0 Å². The number of carbonyl (C=O) groups is 2. The number of urea groups is 1. The lowest BCUT2D eigenvalue weighted by molar-refractivity contribution is -0.159. The van der Waals surface area contributed by atoms with Crippen molar-refractivity contribution in [3.05, 3.63) is 27.9 Å². The van der Waals surface area contributed by atoms with Crippen LogP contribution >= 0.6 is 0 Å². The number of aromatic nitrogens is 2. The first kappa shape index (κ1) is 24.7. The van der Waals surface area contributed by atoms with Crippen LogP contribution in [0.4, 0.5) is 4.79 Å². The number of nitrogens with one attached hydrogen (secondary N) is 1. The lowest BCUT2D eigenvalue weighted by atomic mass is 9.87. The molecule has 1 aromatic rings. The van der Waals surface area contributed by atoms with Crippen LogP contribution in [0.15, 0.2) is 11.0 Å². The highest BCUT2D eigenvalue weighted by Crippen LogP contribution is 2.40. The van der Waals surface area contributed by atoms with Gasteiger partial charge < -0.3 is 35.0 Å². The summed E-state index contributed by atoms with van der Waals surface area (Å²) in [5.41, 5.74) is -2.80. The quantitative estimate of drug-likeness (QED) is 0.248. The number of aryl methyl sites for hydroxylation is 1. The van der Waals surface area contributed by atoms with Gasteiger partial charge in [0.05, 0.1) is 31.1 Å². The van der Waals surface area contributed by atoms with Crippen molar-refractivity contribution in [2.24, 2.45) is 0 Å². The van der Waals surface area contributed by atoms with E-state index in [1.165, 1.54) is 6.20 Å². The second kappa shape index (κ2) is 8.96. The van der Waals surface area contributed by atoms with Gasteiger partial charge in [-0.05, 0) is 19.4 Å². The van der Waals surface area contributed by atoms with Gasteiger partial charge in [0, 0.05) is 19.0 Å². The van der Waals surface area contributed by atoms with E-state index in [-0.39, 0.29) is 18.5 Å². The van der Waals surface area contributed by atoms with Crippen molar-refractivity contribution in [2.45, 2.75) is 75.2 Å². The first-order valence-corrected chi connectivity index (χ1v) is 10.8. The van der Waals surface area contributed by atoms with E-state index >= 15 is 0 Å². The molecule has 0 spiro atoms. The predicted molar refractivity (Wildman–Crippen MR) is 110 cm³/mol. The monoisotopic (exact) mass is 484 g/mol. The van der Waals surface area contributed by atoms with E-state index in [0.29, 0.717) is 5.56 Å². The molecule has 4 rings (SSSR count). The SMILES string of the molecule is Cc1cn([C@H]2C[C@H](O)[C@@H](CO)O2)c(=O)nc1C1N([C@H]2C[C@H](O)[C@@H](CO)O2)C(=O)NC(=O)C1(C)O. The van der Waals surface area contributed by atoms with Crippen LogP contribution in [-0.4, -0.2) is 101 Å².